The van der Waals surface area contributed by atoms with Crippen molar-refractivity contribution in [3.8, 4) is 33.8 Å². The summed E-state index contributed by atoms with van der Waals surface area (Å²) in [6, 6.07) is 19.1. The van der Waals surface area contributed by atoms with Gasteiger partial charge in [-0.1, -0.05) is 66.7 Å². The second-order valence-corrected chi connectivity index (χ2v) is 7.92. The van der Waals surface area contributed by atoms with E-state index in [1.54, 1.807) is 36.4 Å². The Morgan fingerprint density at radius 3 is 1.86 bits per heavy atom. The second kappa shape index (κ2) is 10.5. The van der Waals surface area contributed by atoms with Gasteiger partial charge < -0.3 is 9.47 Å². The lowest BCUT2D eigenvalue weighted by Gasteiger charge is -2.12. The largest absolute Gasteiger partial charge is 0.489 e. The van der Waals surface area contributed by atoms with Crippen molar-refractivity contribution in [1.29, 1.82) is 0 Å². The van der Waals surface area contributed by atoms with E-state index in [0.717, 1.165) is 5.56 Å². The summed E-state index contributed by atoms with van der Waals surface area (Å²) in [5.41, 5.74) is 2.31. The molecule has 0 aliphatic rings. The average Bonchev–Trinajstić information content (AvgIpc) is 2.87. The van der Waals surface area contributed by atoms with Crippen LogP contribution in [-0.4, -0.2) is 6.61 Å². The van der Waals surface area contributed by atoms with E-state index in [0.29, 0.717) is 16.9 Å². The summed E-state index contributed by atoms with van der Waals surface area (Å²) in [5.74, 6) is -3.88. The third-order valence-corrected chi connectivity index (χ3v) is 5.49. The molecule has 0 atom stereocenters. The van der Waals surface area contributed by atoms with Crippen LogP contribution in [0.4, 0.5) is 17.6 Å². The summed E-state index contributed by atoms with van der Waals surface area (Å²) in [4.78, 5) is 0. The van der Waals surface area contributed by atoms with Crippen LogP contribution in [0.1, 0.15) is 11.1 Å². The van der Waals surface area contributed by atoms with Gasteiger partial charge in [-0.05, 0) is 42.3 Å². The number of ether oxygens (including phenoxy) is 2. The van der Waals surface area contributed by atoms with Crippen molar-refractivity contribution in [3.05, 3.63) is 120 Å². The molecule has 0 fully saturated rings. The van der Waals surface area contributed by atoms with Crippen LogP contribution in [0.3, 0.4) is 0 Å². The summed E-state index contributed by atoms with van der Waals surface area (Å²) < 4.78 is 68.8. The van der Waals surface area contributed by atoms with Gasteiger partial charge in [-0.25, -0.2) is 13.2 Å². The minimum absolute atomic E-state index is 0.0554. The van der Waals surface area contributed by atoms with E-state index in [1.165, 1.54) is 30.3 Å². The van der Waals surface area contributed by atoms with E-state index in [4.69, 9.17) is 9.47 Å². The van der Waals surface area contributed by atoms with Crippen LogP contribution in [-0.2, 0) is 6.61 Å². The van der Waals surface area contributed by atoms with Crippen LogP contribution in [0.15, 0.2) is 85.5 Å². The fourth-order valence-corrected chi connectivity index (χ4v) is 3.56. The van der Waals surface area contributed by atoms with Crippen LogP contribution in [0.2, 0.25) is 0 Å². The molecule has 0 radical (unpaired) electrons. The predicted octanol–water partition coefficient (Wildman–Crippen LogP) is 8.03. The van der Waals surface area contributed by atoms with Gasteiger partial charge in [0, 0.05) is 16.7 Å². The van der Waals surface area contributed by atoms with E-state index in [9.17, 15) is 17.6 Å². The van der Waals surface area contributed by atoms with Gasteiger partial charge in [-0.3, -0.25) is 0 Å². The van der Waals surface area contributed by atoms with Gasteiger partial charge >= 0.3 is 0 Å². The number of halogens is 4. The number of benzene rings is 4. The Kier molecular flexibility index (Phi) is 7.20. The number of rotatable bonds is 8. The Morgan fingerprint density at radius 2 is 1.23 bits per heavy atom. The summed E-state index contributed by atoms with van der Waals surface area (Å²) in [7, 11) is 0. The van der Waals surface area contributed by atoms with Crippen molar-refractivity contribution in [1.82, 2.24) is 0 Å². The Morgan fingerprint density at radius 1 is 0.657 bits per heavy atom. The summed E-state index contributed by atoms with van der Waals surface area (Å²) in [5, 5.41) is 0. The molecule has 35 heavy (non-hydrogen) atoms. The molecule has 0 unspecified atom stereocenters. The standard InChI is InChI=1S/C29H22F4O2/c1-3-16-34-25-15-14-24(28(32)29(25)33)20-8-11-22(12-9-20)35-17-21-10-13-23(27(31)26(21)30)19-6-4-18(2)5-7-19/h3-15H,1,16-17H2,2H3. The molecule has 0 N–H and O–H groups in total. The van der Waals surface area contributed by atoms with Crippen molar-refractivity contribution in [2.24, 2.45) is 0 Å². The van der Waals surface area contributed by atoms with Crippen LogP contribution in [0, 0.1) is 30.2 Å². The maximum Gasteiger partial charge on any atom is 0.201 e. The molecular formula is C29H22F4O2. The third kappa shape index (κ3) is 5.22. The highest BCUT2D eigenvalue weighted by atomic mass is 19.2. The van der Waals surface area contributed by atoms with Crippen molar-refractivity contribution < 1.29 is 27.0 Å². The van der Waals surface area contributed by atoms with E-state index in [-0.39, 0.29) is 35.7 Å². The Balaban J connectivity index is 1.47. The zero-order valence-electron chi connectivity index (χ0n) is 19.0. The predicted molar refractivity (Wildman–Crippen MR) is 128 cm³/mol. The normalized spacial score (nSPS) is 10.8. The SMILES string of the molecule is C=CCOc1ccc(-c2ccc(OCc3ccc(-c4ccc(C)cc4)c(F)c3F)cc2)c(F)c1F. The third-order valence-electron chi connectivity index (χ3n) is 5.49. The highest BCUT2D eigenvalue weighted by Crippen LogP contribution is 2.31. The first-order valence-corrected chi connectivity index (χ1v) is 10.9. The zero-order chi connectivity index (χ0) is 24.9. The van der Waals surface area contributed by atoms with Crippen molar-refractivity contribution in [2.45, 2.75) is 13.5 Å². The summed E-state index contributed by atoms with van der Waals surface area (Å²) in [6.07, 6.45) is 1.43. The van der Waals surface area contributed by atoms with Crippen LogP contribution in [0.5, 0.6) is 11.5 Å². The van der Waals surface area contributed by atoms with Crippen molar-refractivity contribution >= 4 is 0 Å². The van der Waals surface area contributed by atoms with Gasteiger partial charge in [-0.2, -0.15) is 4.39 Å². The smallest absolute Gasteiger partial charge is 0.201 e. The number of hydrogen-bond acceptors (Lipinski definition) is 2. The molecule has 0 aliphatic heterocycles. The molecule has 0 spiro atoms. The average molecular weight is 478 g/mol. The molecule has 2 nitrogen and oxygen atoms in total. The molecule has 0 saturated heterocycles. The summed E-state index contributed by atoms with van der Waals surface area (Å²) >= 11 is 0. The molecule has 4 rings (SSSR count). The second-order valence-electron chi connectivity index (χ2n) is 7.92. The number of hydrogen-bond donors (Lipinski definition) is 0. The van der Waals surface area contributed by atoms with E-state index in [1.807, 2.05) is 19.1 Å². The maximum absolute atomic E-state index is 14.7. The quantitative estimate of drug-likeness (QED) is 0.189. The fourth-order valence-electron chi connectivity index (χ4n) is 3.56. The number of aryl methyl sites for hydroxylation is 1. The van der Waals surface area contributed by atoms with E-state index < -0.39 is 23.3 Å². The molecule has 0 saturated carbocycles. The topological polar surface area (TPSA) is 18.5 Å². The molecule has 0 amide bonds. The Bertz CT molecular complexity index is 1350. The molecule has 0 aromatic heterocycles. The zero-order valence-corrected chi connectivity index (χ0v) is 19.0. The van der Waals surface area contributed by atoms with Crippen LogP contribution >= 0.6 is 0 Å². The highest BCUT2D eigenvalue weighted by molar-refractivity contribution is 5.66. The molecule has 4 aromatic rings. The van der Waals surface area contributed by atoms with Gasteiger partial charge in [-0.15, -0.1) is 0 Å². The summed E-state index contributed by atoms with van der Waals surface area (Å²) in [6.45, 7) is 5.24. The lowest BCUT2D eigenvalue weighted by atomic mass is 10.0. The van der Waals surface area contributed by atoms with Crippen LogP contribution < -0.4 is 9.47 Å². The lowest BCUT2D eigenvalue weighted by Crippen LogP contribution is -2.02. The fraction of sp³-hybridized carbons (Fsp3) is 0.103. The first kappa shape index (κ1) is 24.1. The molecule has 0 aliphatic carbocycles. The molecular weight excluding hydrogens is 456 g/mol. The maximum atomic E-state index is 14.7. The van der Waals surface area contributed by atoms with Gasteiger partial charge in [0.1, 0.15) is 19.0 Å². The first-order chi connectivity index (χ1) is 16.9. The molecule has 6 heteroatoms. The van der Waals surface area contributed by atoms with E-state index in [2.05, 4.69) is 6.58 Å². The molecule has 178 valence electrons. The van der Waals surface area contributed by atoms with Gasteiger partial charge in [0.2, 0.25) is 5.82 Å². The minimum Gasteiger partial charge on any atom is -0.489 e. The first-order valence-electron chi connectivity index (χ1n) is 10.9. The molecule has 0 heterocycles. The van der Waals surface area contributed by atoms with Crippen molar-refractivity contribution in [2.75, 3.05) is 6.61 Å². The monoisotopic (exact) mass is 478 g/mol. The minimum atomic E-state index is -1.09. The van der Waals surface area contributed by atoms with Gasteiger partial charge in [0.15, 0.2) is 23.2 Å². The van der Waals surface area contributed by atoms with Crippen molar-refractivity contribution in [3.63, 3.8) is 0 Å². The Hall–Kier alpha value is -4.06. The molecule has 4 aromatic carbocycles. The van der Waals surface area contributed by atoms with E-state index >= 15 is 0 Å². The van der Waals surface area contributed by atoms with Crippen LogP contribution in [0.25, 0.3) is 22.3 Å². The lowest BCUT2D eigenvalue weighted by molar-refractivity contribution is 0.297. The van der Waals surface area contributed by atoms with Gasteiger partial charge in [0.05, 0.1) is 0 Å². The molecule has 0 bridgehead atoms. The van der Waals surface area contributed by atoms with Gasteiger partial charge in [0.25, 0.3) is 0 Å². The Labute approximate surface area is 201 Å². The highest BCUT2D eigenvalue weighted by Gasteiger charge is 2.17.